The third-order valence-corrected chi connectivity index (χ3v) is 5.07. The summed E-state index contributed by atoms with van der Waals surface area (Å²) < 4.78 is 5.52. The van der Waals surface area contributed by atoms with Crippen molar-refractivity contribution in [1.82, 2.24) is 5.32 Å². The molecule has 27 heavy (non-hydrogen) atoms. The molecule has 0 spiro atoms. The highest BCUT2D eigenvalue weighted by atomic mass is 16.5. The lowest BCUT2D eigenvalue weighted by Gasteiger charge is -2.22. The first-order valence-corrected chi connectivity index (χ1v) is 9.64. The topological polar surface area (TPSA) is 38.3 Å². The zero-order valence-electron chi connectivity index (χ0n) is 17.9. The molecule has 0 aliphatic heterocycles. The number of rotatable bonds is 5. The molecular formula is C24H33NO2. The summed E-state index contributed by atoms with van der Waals surface area (Å²) in [6.07, 6.45) is 0. The van der Waals surface area contributed by atoms with E-state index in [2.05, 4.69) is 59.0 Å². The maximum Gasteiger partial charge on any atom is 0.251 e. The van der Waals surface area contributed by atoms with Crippen LogP contribution < -0.4 is 10.1 Å². The van der Waals surface area contributed by atoms with Crippen LogP contribution in [-0.4, -0.2) is 13.0 Å². The number of methoxy groups -OCH3 is 1. The molecule has 3 nitrogen and oxygen atoms in total. The molecule has 0 aliphatic rings. The molecule has 0 aromatic heterocycles. The Morgan fingerprint density at radius 3 is 2.07 bits per heavy atom. The summed E-state index contributed by atoms with van der Waals surface area (Å²) in [5.41, 5.74) is 5.39. The summed E-state index contributed by atoms with van der Waals surface area (Å²) in [6, 6.07) is 12.0. The van der Waals surface area contributed by atoms with Crippen LogP contribution in [0.2, 0.25) is 0 Å². The van der Waals surface area contributed by atoms with Crippen LogP contribution in [0.1, 0.15) is 86.1 Å². The Morgan fingerprint density at radius 1 is 1.00 bits per heavy atom. The molecule has 0 aliphatic carbocycles. The SMILES string of the molecule is COc1cc(C)c(C(C)NC(=O)c2ccc(C(C)(C)C)cc2)cc1C(C)C. The van der Waals surface area contributed by atoms with Gasteiger partial charge in [-0.05, 0) is 71.7 Å². The van der Waals surface area contributed by atoms with Gasteiger partial charge in [0, 0.05) is 5.56 Å². The first-order valence-electron chi connectivity index (χ1n) is 9.64. The van der Waals surface area contributed by atoms with Gasteiger partial charge in [-0.2, -0.15) is 0 Å². The fraction of sp³-hybridized carbons (Fsp3) is 0.458. The number of hydrogen-bond donors (Lipinski definition) is 1. The van der Waals surface area contributed by atoms with Crippen LogP contribution in [0.5, 0.6) is 5.75 Å². The summed E-state index contributed by atoms with van der Waals surface area (Å²) in [7, 11) is 1.70. The number of nitrogens with one attached hydrogen (secondary N) is 1. The number of ether oxygens (including phenoxy) is 1. The van der Waals surface area contributed by atoms with Gasteiger partial charge in [-0.15, -0.1) is 0 Å². The summed E-state index contributed by atoms with van der Waals surface area (Å²) in [6.45, 7) is 14.9. The van der Waals surface area contributed by atoms with Crippen LogP contribution >= 0.6 is 0 Å². The number of hydrogen-bond acceptors (Lipinski definition) is 2. The number of benzene rings is 2. The third-order valence-electron chi connectivity index (χ3n) is 5.07. The molecule has 0 bridgehead atoms. The predicted molar refractivity (Wildman–Crippen MR) is 113 cm³/mol. The van der Waals surface area contributed by atoms with Gasteiger partial charge in [0.25, 0.3) is 5.91 Å². The number of amides is 1. The third kappa shape index (κ3) is 4.91. The van der Waals surface area contributed by atoms with E-state index >= 15 is 0 Å². The smallest absolute Gasteiger partial charge is 0.251 e. The zero-order valence-corrected chi connectivity index (χ0v) is 17.9. The van der Waals surface area contributed by atoms with E-state index in [1.54, 1.807) is 7.11 Å². The van der Waals surface area contributed by atoms with E-state index in [1.165, 1.54) is 5.56 Å². The van der Waals surface area contributed by atoms with Crippen molar-refractivity contribution in [1.29, 1.82) is 0 Å². The Kier molecular flexibility index (Phi) is 6.35. The van der Waals surface area contributed by atoms with Crippen LogP contribution in [-0.2, 0) is 5.41 Å². The van der Waals surface area contributed by atoms with Crippen LogP contribution in [0.3, 0.4) is 0 Å². The van der Waals surface area contributed by atoms with Gasteiger partial charge >= 0.3 is 0 Å². The van der Waals surface area contributed by atoms with Gasteiger partial charge in [-0.3, -0.25) is 4.79 Å². The Bertz CT molecular complexity index is 798. The molecule has 1 amide bonds. The van der Waals surface area contributed by atoms with Gasteiger partial charge in [0.15, 0.2) is 0 Å². The molecule has 0 fully saturated rings. The van der Waals surface area contributed by atoms with Gasteiger partial charge in [0.05, 0.1) is 13.2 Å². The van der Waals surface area contributed by atoms with E-state index in [0.717, 1.165) is 22.4 Å². The molecule has 146 valence electrons. The van der Waals surface area contributed by atoms with Crippen molar-refractivity contribution in [2.24, 2.45) is 0 Å². The minimum atomic E-state index is -0.0804. The fourth-order valence-electron chi connectivity index (χ4n) is 3.29. The van der Waals surface area contributed by atoms with Crippen LogP contribution in [0, 0.1) is 6.92 Å². The second kappa shape index (κ2) is 8.16. The normalized spacial score (nSPS) is 12.8. The lowest BCUT2D eigenvalue weighted by molar-refractivity contribution is 0.0939. The first kappa shape index (κ1) is 21.0. The summed E-state index contributed by atoms with van der Waals surface area (Å²) in [5.74, 6) is 1.21. The van der Waals surface area contributed by atoms with E-state index in [9.17, 15) is 4.79 Å². The van der Waals surface area contributed by atoms with Crippen LogP contribution in [0.15, 0.2) is 36.4 Å². The highest BCUT2D eigenvalue weighted by Crippen LogP contribution is 2.32. The highest BCUT2D eigenvalue weighted by Gasteiger charge is 2.18. The van der Waals surface area contributed by atoms with Crippen molar-refractivity contribution >= 4 is 5.91 Å². The zero-order chi connectivity index (χ0) is 20.4. The molecule has 0 saturated heterocycles. The molecule has 1 unspecified atom stereocenters. The lowest BCUT2D eigenvalue weighted by atomic mass is 9.86. The standard InChI is InChI=1S/C24H33NO2/c1-15(2)20-14-21(16(3)13-22(20)27-8)17(4)25-23(26)18-9-11-19(12-10-18)24(5,6)7/h9-15,17H,1-8H3,(H,25,26). The largest absolute Gasteiger partial charge is 0.496 e. The molecule has 2 rings (SSSR count). The van der Waals surface area contributed by atoms with Gasteiger partial charge in [-0.25, -0.2) is 0 Å². The molecule has 0 radical (unpaired) electrons. The molecule has 2 aromatic rings. The van der Waals surface area contributed by atoms with Crippen molar-refractivity contribution < 1.29 is 9.53 Å². The number of carbonyl (C=O) groups is 1. The van der Waals surface area contributed by atoms with E-state index in [4.69, 9.17) is 4.74 Å². The Morgan fingerprint density at radius 2 is 1.59 bits per heavy atom. The van der Waals surface area contributed by atoms with E-state index < -0.39 is 0 Å². The highest BCUT2D eigenvalue weighted by molar-refractivity contribution is 5.94. The van der Waals surface area contributed by atoms with Gasteiger partial charge in [-0.1, -0.05) is 46.8 Å². The fourth-order valence-corrected chi connectivity index (χ4v) is 3.29. The number of carbonyl (C=O) groups excluding carboxylic acids is 1. The monoisotopic (exact) mass is 367 g/mol. The first-order chi connectivity index (χ1) is 12.5. The Hall–Kier alpha value is -2.29. The van der Waals surface area contributed by atoms with Gasteiger partial charge < -0.3 is 10.1 Å². The summed E-state index contributed by atoms with van der Waals surface area (Å²) in [5, 5.41) is 3.14. The summed E-state index contributed by atoms with van der Waals surface area (Å²) in [4.78, 5) is 12.7. The molecular weight excluding hydrogens is 334 g/mol. The minimum absolute atomic E-state index is 0.0516. The summed E-state index contributed by atoms with van der Waals surface area (Å²) >= 11 is 0. The van der Waals surface area contributed by atoms with Crippen molar-refractivity contribution in [3.05, 3.63) is 64.2 Å². The molecule has 3 heteroatoms. The molecule has 1 N–H and O–H groups in total. The second-order valence-electron chi connectivity index (χ2n) is 8.63. The lowest BCUT2D eigenvalue weighted by Crippen LogP contribution is -2.27. The molecule has 2 aromatic carbocycles. The van der Waals surface area contributed by atoms with Crippen molar-refractivity contribution in [3.63, 3.8) is 0 Å². The van der Waals surface area contributed by atoms with E-state index in [1.807, 2.05) is 31.2 Å². The maximum atomic E-state index is 12.7. The maximum absolute atomic E-state index is 12.7. The molecule has 1 atom stereocenters. The number of aryl methyl sites for hydroxylation is 1. The van der Waals surface area contributed by atoms with Crippen molar-refractivity contribution in [3.8, 4) is 5.75 Å². The van der Waals surface area contributed by atoms with Crippen molar-refractivity contribution in [2.45, 2.75) is 65.8 Å². The second-order valence-corrected chi connectivity index (χ2v) is 8.63. The molecule has 0 saturated carbocycles. The van der Waals surface area contributed by atoms with Crippen LogP contribution in [0.25, 0.3) is 0 Å². The average Bonchev–Trinajstić information content (AvgIpc) is 2.60. The van der Waals surface area contributed by atoms with Gasteiger partial charge in [0.2, 0.25) is 0 Å². The average molecular weight is 368 g/mol. The Balaban J connectivity index is 2.22. The van der Waals surface area contributed by atoms with Gasteiger partial charge in [0.1, 0.15) is 5.75 Å². The quantitative estimate of drug-likeness (QED) is 0.713. The molecule has 0 heterocycles. The Labute approximate surface area is 164 Å². The van der Waals surface area contributed by atoms with E-state index in [-0.39, 0.29) is 17.4 Å². The van der Waals surface area contributed by atoms with Crippen LogP contribution in [0.4, 0.5) is 0 Å². The predicted octanol–water partition coefficient (Wildman–Crippen LogP) is 5.92. The van der Waals surface area contributed by atoms with Crippen molar-refractivity contribution in [2.75, 3.05) is 7.11 Å². The minimum Gasteiger partial charge on any atom is -0.496 e. The van der Waals surface area contributed by atoms with E-state index in [0.29, 0.717) is 11.5 Å².